The lowest BCUT2D eigenvalue weighted by molar-refractivity contribution is -0.137. The Morgan fingerprint density at radius 2 is 1.76 bits per heavy atom. The maximum atomic E-state index is 12.9. The predicted octanol–water partition coefficient (Wildman–Crippen LogP) is 5.02. The standard InChI is InChI=1S/C21H18F4N6O2/c1-12-6-7-15(28-19(32)13-4-3-5-14(8-13)21(22,23)24)9-16(12)29-20(33)31(2)18-10-17(30-25)26-11-27-18/h3-11H,1-2H3,(H,28,32)(H,29,33)(H,26,27,30). The summed E-state index contributed by atoms with van der Waals surface area (Å²) in [6, 6.07) is 9.27. The molecular formula is C21H18F4N6O2. The van der Waals surface area contributed by atoms with E-state index >= 15 is 0 Å². The van der Waals surface area contributed by atoms with Crippen LogP contribution in [-0.2, 0) is 6.18 Å². The van der Waals surface area contributed by atoms with E-state index in [0.717, 1.165) is 29.4 Å². The fourth-order valence-electron chi connectivity index (χ4n) is 2.76. The molecule has 0 saturated carbocycles. The number of hydrogen-bond donors (Lipinski definition) is 3. The first-order chi connectivity index (χ1) is 15.6. The van der Waals surface area contributed by atoms with Gasteiger partial charge in [0.2, 0.25) is 0 Å². The van der Waals surface area contributed by atoms with Gasteiger partial charge in [-0.05, 0) is 42.8 Å². The van der Waals surface area contributed by atoms with Crippen LogP contribution >= 0.6 is 0 Å². The second-order valence-electron chi connectivity index (χ2n) is 6.91. The fourth-order valence-corrected chi connectivity index (χ4v) is 2.76. The maximum Gasteiger partial charge on any atom is 0.416 e. The minimum atomic E-state index is -4.58. The molecule has 0 spiro atoms. The van der Waals surface area contributed by atoms with Gasteiger partial charge in [0.1, 0.15) is 12.1 Å². The summed E-state index contributed by atoms with van der Waals surface area (Å²) in [7, 11) is 1.41. The highest BCUT2D eigenvalue weighted by Crippen LogP contribution is 2.30. The van der Waals surface area contributed by atoms with Crippen LogP contribution in [0.25, 0.3) is 0 Å². The fraction of sp³-hybridized carbons (Fsp3) is 0.143. The quantitative estimate of drug-likeness (QED) is 0.365. The molecule has 0 aliphatic rings. The Morgan fingerprint density at radius 1 is 1.00 bits per heavy atom. The van der Waals surface area contributed by atoms with Crippen LogP contribution in [0, 0.1) is 6.92 Å². The molecule has 0 atom stereocenters. The van der Waals surface area contributed by atoms with Crippen LogP contribution < -0.4 is 21.1 Å². The lowest BCUT2D eigenvalue weighted by Crippen LogP contribution is -2.32. The molecule has 3 amide bonds. The summed E-state index contributed by atoms with van der Waals surface area (Å²) < 4.78 is 51.3. The minimum absolute atomic E-state index is 0.120. The number of nitrogens with one attached hydrogen (secondary N) is 3. The molecule has 8 nitrogen and oxygen atoms in total. The van der Waals surface area contributed by atoms with Gasteiger partial charge in [-0.2, -0.15) is 13.2 Å². The van der Waals surface area contributed by atoms with E-state index in [0.29, 0.717) is 11.3 Å². The molecule has 0 bridgehead atoms. The van der Waals surface area contributed by atoms with Crippen LogP contribution in [0.4, 0.5) is 45.5 Å². The molecule has 0 aliphatic carbocycles. The number of aryl methyl sites for hydroxylation is 1. The first-order valence-corrected chi connectivity index (χ1v) is 9.41. The molecular weight excluding hydrogens is 444 g/mol. The number of urea groups is 1. The molecule has 1 aromatic heterocycles. The Balaban J connectivity index is 1.75. The smallest absolute Gasteiger partial charge is 0.322 e. The van der Waals surface area contributed by atoms with E-state index < -0.39 is 23.7 Å². The highest BCUT2D eigenvalue weighted by Gasteiger charge is 2.30. The highest BCUT2D eigenvalue weighted by atomic mass is 19.4. The van der Waals surface area contributed by atoms with Gasteiger partial charge in [-0.15, -0.1) is 4.48 Å². The Hall–Kier alpha value is -4.22. The minimum Gasteiger partial charge on any atom is -0.322 e. The zero-order valence-corrected chi connectivity index (χ0v) is 17.4. The van der Waals surface area contributed by atoms with E-state index in [1.54, 1.807) is 19.1 Å². The molecule has 3 N–H and O–H groups in total. The molecule has 12 heteroatoms. The predicted molar refractivity (Wildman–Crippen MR) is 115 cm³/mol. The van der Waals surface area contributed by atoms with Crippen LogP contribution in [-0.4, -0.2) is 29.0 Å². The van der Waals surface area contributed by atoms with Crippen LogP contribution in [0.2, 0.25) is 0 Å². The molecule has 172 valence electrons. The first-order valence-electron chi connectivity index (χ1n) is 9.41. The maximum absolute atomic E-state index is 12.9. The number of anilines is 4. The van der Waals surface area contributed by atoms with Crippen LogP contribution in [0.3, 0.4) is 0 Å². The third-order valence-electron chi connectivity index (χ3n) is 4.59. The average Bonchev–Trinajstić information content (AvgIpc) is 2.80. The van der Waals surface area contributed by atoms with Crippen molar-refractivity contribution in [2.75, 3.05) is 28.1 Å². The van der Waals surface area contributed by atoms with Crippen molar-refractivity contribution < 1.29 is 27.2 Å². The van der Waals surface area contributed by atoms with Gasteiger partial charge in [0.25, 0.3) is 5.91 Å². The van der Waals surface area contributed by atoms with Gasteiger partial charge in [-0.25, -0.2) is 20.3 Å². The summed E-state index contributed by atoms with van der Waals surface area (Å²) in [6.07, 6.45) is -3.50. The van der Waals surface area contributed by atoms with Crippen LogP contribution in [0.15, 0.2) is 54.9 Å². The summed E-state index contributed by atoms with van der Waals surface area (Å²) in [5.41, 5.74) is 1.50. The van der Waals surface area contributed by atoms with Crippen LogP contribution in [0.1, 0.15) is 21.5 Å². The summed E-state index contributed by atoms with van der Waals surface area (Å²) >= 11 is 0. The van der Waals surface area contributed by atoms with Gasteiger partial charge in [-0.3, -0.25) is 9.69 Å². The number of carbonyl (C=O) groups excluding carboxylic acids is 2. The number of rotatable bonds is 5. The van der Waals surface area contributed by atoms with Crippen molar-refractivity contribution in [2.24, 2.45) is 0 Å². The Labute approximate surface area is 185 Å². The van der Waals surface area contributed by atoms with Gasteiger partial charge >= 0.3 is 12.2 Å². The molecule has 2 aromatic carbocycles. The normalized spacial score (nSPS) is 11.0. The average molecular weight is 462 g/mol. The molecule has 0 radical (unpaired) electrons. The number of benzene rings is 2. The Kier molecular flexibility index (Phi) is 6.75. The van der Waals surface area contributed by atoms with Crippen molar-refractivity contribution in [3.8, 4) is 0 Å². The second kappa shape index (κ2) is 9.51. The van der Waals surface area contributed by atoms with Gasteiger partial charge in [0.15, 0.2) is 5.82 Å². The molecule has 0 fully saturated rings. The van der Waals surface area contributed by atoms with E-state index in [9.17, 15) is 27.2 Å². The summed E-state index contributed by atoms with van der Waals surface area (Å²) in [5.74, 6) is -0.754. The number of hydrogen-bond acceptors (Lipinski definition) is 5. The van der Waals surface area contributed by atoms with Gasteiger partial charge < -0.3 is 10.6 Å². The third-order valence-corrected chi connectivity index (χ3v) is 4.59. The van der Waals surface area contributed by atoms with Crippen molar-refractivity contribution >= 4 is 34.9 Å². The van der Waals surface area contributed by atoms with Crippen molar-refractivity contribution in [3.63, 3.8) is 0 Å². The van der Waals surface area contributed by atoms with E-state index in [-0.39, 0.29) is 22.9 Å². The molecule has 0 saturated heterocycles. The SMILES string of the molecule is Cc1ccc(NC(=O)c2cccc(C(F)(F)F)c2)cc1NC(=O)N(C)c1cc(NF)ncn1. The zero-order valence-electron chi connectivity index (χ0n) is 17.4. The number of alkyl halides is 3. The van der Waals surface area contributed by atoms with Crippen molar-refractivity contribution in [3.05, 3.63) is 71.5 Å². The van der Waals surface area contributed by atoms with Crippen LogP contribution in [0.5, 0.6) is 0 Å². The van der Waals surface area contributed by atoms with Gasteiger partial charge in [-0.1, -0.05) is 12.1 Å². The third kappa shape index (κ3) is 5.73. The second-order valence-corrected chi connectivity index (χ2v) is 6.91. The highest BCUT2D eigenvalue weighted by molar-refractivity contribution is 6.05. The largest absolute Gasteiger partial charge is 0.416 e. The number of aromatic nitrogens is 2. The van der Waals surface area contributed by atoms with Gasteiger partial charge in [0.05, 0.1) is 5.56 Å². The van der Waals surface area contributed by atoms with Crippen molar-refractivity contribution in [1.82, 2.24) is 9.97 Å². The first kappa shape index (κ1) is 23.4. The number of halogens is 4. The van der Waals surface area contributed by atoms with E-state index in [1.165, 1.54) is 30.8 Å². The zero-order chi connectivity index (χ0) is 24.2. The van der Waals surface area contributed by atoms with E-state index in [2.05, 4.69) is 20.6 Å². The Morgan fingerprint density at radius 3 is 2.45 bits per heavy atom. The molecule has 0 unspecified atom stereocenters. The topological polar surface area (TPSA) is 99.2 Å². The monoisotopic (exact) mass is 462 g/mol. The molecule has 0 aliphatic heterocycles. The number of nitrogens with zero attached hydrogens (tertiary/aromatic N) is 3. The molecule has 3 aromatic rings. The molecule has 1 heterocycles. The van der Waals surface area contributed by atoms with Crippen molar-refractivity contribution in [2.45, 2.75) is 13.1 Å². The molecule has 33 heavy (non-hydrogen) atoms. The van der Waals surface area contributed by atoms with Gasteiger partial charge in [0, 0.05) is 30.1 Å². The van der Waals surface area contributed by atoms with E-state index in [1.807, 2.05) is 0 Å². The Bertz CT molecular complexity index is 1190. The van der Waals surface area contributed by atoms with Crippen molar-refractivity contribution in [1.29, 1.82) is 0 Å². The number of carbonyl (C=O) groups is 2. The lowest BCUT2D eigenvalue weighted by Gasteiger charge is -2.18. The summed E-state index contributed by atoms with van der Waals surface area (Å²) in [6.45, 7) is 1.71. The summed E-state index contributed by atoms with van der Waals surface area (Å²) in [4.78, 5) is 33.7. The summed E-state index contributed by atoms with van der Waals surface area (Å²) in [5, 5.41) is 5.15. The van der Waals surface area contributed by atoms with E-state index in [4.69, 9.17) is 0 Å². The number of amides is 3. The molecule has 3 rings (SSSR count). The lowest BCUT2D eigenvalue weighted by atomic mass is 10.1.